The van der Waals surface area contributed by atoms with E-state index >= 15 is 0 Å². The number of halogens is 2. The highest BCUT2D eigenvalue weighted by atomic mass is 127. The Morgan fingerprint density at radius 2 is 2.05 bits per heavy atom. The molecule has 2 rings (SSSR count). The highest BCUT2D eigenvalue weighted by Crippen LogP contribution is 2.32. The second-order valence-corrected chi connectivity index (χ2v) is 6.57. The molecule has 1 aromatic rings. The van der Waals surface area contributed by atoms with Crippen LogP contribution in [0, 0.1) is 25.4 Å². The third kappa shape index (κ3) is 3.59. The Morgan fingerprint density at radius 1 is 1.35 bits per heavy atom. The summed E-state index contributed by atoms with van der Waals surface area (Å²) in [5.41, 5.74) is 0.249. The smallest absolute Gasteiger partial charge is 0.293 e. The maximum atomic E-state index is 13.7. The SMILES string of the molecule is CC1CCCCCC1Nc1cc(F)c(I)cc1[N+](=O)[O-]. The molecule has 0 spiro atoms. The van der Waals surface area contributed by atoms with Crippen molar-refractivity contribution in [3.63, 3.8) is 0 Å². The highest BCUT2D eigenvalue weighted by Gasteiger charge is 2.24. The number of nitrogens with zero attached hydrogens (tertiary/aromatic N) is 1. The van der Waals surface area contributed by atoms with Crippen LogP contribution in [0.1, 0.15) is 39.0 Å². The van der Waals surface area contributed by atoms with Gasteiger partial charge in [-0.25, -0.2) is 4.39 Å². The van der Waals surface area contributed by atoms with Crippen molar-refractivity contribution in [3.8, 4) is 0 Å². The molecule has 2 unspecified atom stereocenters. The molecule has 1 aromatic carbocycles. The summed E-state index contributed by atoms with van der Waals surface area (Å²) < 4.78 is 14.0. The fraction of sp³-hybridized carbons (Fsp3) is 0.571. The van der Waals surface area contributed by atoms with Crippen molar-refractivity contribution in [2.75, 3.05) is 5.32 Å². The molecular formula is C14H18FIN2O2. The molecule has 6 heteroatoms. The Bertz CT molecular complexity index is 510. The van der Waals surface area contributed by atoms with Crippen LogP contribution in [0.3, 0.4) is 0 Å². The summed E-state index contributed by atoms with van der Waals surface area (Å²) in [6.07, 6.45) is 5.60. The molecule has 1 saturated carbocycles. The lowest BCUT2D eigenvalue weighted by Crippen LogP contribution is -2.26. The zero-order valence-electron chi connectivity index (χ0n) is 11.4. The number of anilines is 1. The quantitative estimate of drug-likeness (QED) is 0.351. The minimum absolute atomic E-state index is 0.0488. The van der Waals surface area contributed by atoms with E-state index in [0.717, 1.165) is 19.3 Å². The molecule has 4 nitrogen and oxygen atoms in total. The van der Waals surface area contributed by atoms with Crippen molar-refractivity contribution >= 4 is 34.0 Å². The largest absolute Gasteiger partial charge is 0.376 e. The van der Waals surface area contributed by atoms with Gasteiger partial charge in [-0.15, -0.1) is 0 Å². The summed E-state index contributed by atoms with van der Waals surface area (Å²) >= 11 is 1.77. The third-order valence-electron chi connectivity index (χ3n) is 3.94. The van der Waals surface area contributed by atoms with E-state index in [0.29, 0.717) is 11.6 Å². The van der Waals surface area contributed by atoms with Crippen LogP contribution in [0.2, 0.25) is 0 Å². The number of nitrogens with one attached hydrogen (secondary N) is 1. The molecule has 1 N–H and O–H groups in total. The van der Waals surface area contributed by atoms with Gasteiger partial charge in [0.1, 0.15) is 11.5 Å². The monoisotopic (exact) mass is 392 g/mol. The van der Waals surface area contributed by atoms with Crippen molar-refractivity contribution in [3.05, 3.63) is 31.6 Å². The van der Waals surface area contributed by atoms with Gasteiger partial charge in [-0.1, -0.05) is 26.2 Å². The van der Waals surface area contributed by atoms with E-state index in [4.69, 9.17) is 0 Å². The zero-order chi connectivity index (χ0) is 14.7. The van der Waals surface area contributed by atoms with Gasteiger partial charge in [0, 0.05) is 18.2 Å². The van der Waals surface area contributed by atoms with Gasteiger partial charge in [-0.2, -0.15) is 0 Å². The molecule has 0 radical (unpaired) electrons. The van der Waals surface area contributed by atoms with Crippen LogP contribution in [-0.2, 0) is 0 Å². The van der Waals surface area contributed by atoms with Gasteiger partial charge >= 0.3 is 0 Å². The fourth-order valence-electron chi connectivity index (χ4n) is 2.71. The number of hydrogen-bond donors (Lipinski definition) is 1. The van der Waals surface area contributed by atoms with Gasteiger partial charge < -0.3 is 5.32 Å². The van der Waals surface area contributed by atoms with E-state index in [1.54, 1.807) is 22.6 Å². The number of benzene rings is 1. The Labute approximate surface area is 131 Å². The van der Waals surface area contributed by atoms with E-state index in [-0.39, 0.29) is 15.3 Å². The Balaban J connectivity index is 2.27. The first kappa shape index (κ1) is 15.5. The lowest BCUT2D eigenvalue weighted by atomic mass is 9.96. The van der Waals surface area contributed by atoms with Gasteiger partial charge in [0.05, 0.1) is 8.49 Å². The number of rotatable bonds is 3. The minimum Gasteiger partial charge on any atom is -0.376 e. The summed E-state index contributed by atoms with van der Waals surface area (Å²) in [5.74, 6) is 0.0272. The number of nitro groups is 1. The topological polar surface area (TPSA) is 55.2 Å². The lowest BCUT2D eigenvalue weighted by molar-refractivity contribution is -0.384. The van der Waals surface area contributed by atoms with Crippen molar-refractivity contribution < 1.29 is 9.31 Å². The second kappa shape index (κ2) is 6.69. The second-order valence-electron chi connectivity index (χ2n) is 5.41. The molecule has 0 aliphatic heterocycles. The van der Waals surface area contributed by atoms with E-state index < -0.39 is 10.7 Å². The average Bonchev–Trinajstić information content (AvgIpc) is 2.59. The van der Waals surface area contributed by atoms with Crippen LogP contribution in [0.15, 0.2) is 12.1 Å². The summed E-state index contributed by atoms with van der Waals surface area (Å²) in [7, 11) is 0. The van der Waals surface area contributed by atoms with E-state index in [1.165, 1.54) is 25.0 Å². The first-order chi connectivity index (χ1) is 9.49. The van der Waals surface area contributed by atoms with Gasteiger partial charge in [0.25, 0.3) is 5.69 Å². The first-order valence-electron chi connectivity index (χ1n) is 6.89. The van der Waals surface area contributed by atoms with Gasteiger partial charge in [0.15, 0.2) is 0 Å². The van der Waals surface area contributed by atoms with Crippen molar-refractivity contribution in [2.45, 2.75) is 45.1 Å². The minimum atomic E-state index is -0.453. The standard InChI is InChI=1S/C14H18FIN2O2/c1-9-5-3-2-4-6-12(9)17-13-7-10(15)11(16)8-14(13)18(19)20/h7-9,12,17H,2-6H2,1H3. The van der Waals surface area contributed by atoms with Crippen molar-refractivity contribution in [1.82, 2.24) is 0 Å². The maximum absolute atomic E-state index is 13.7. The normalized spacial score (nSPS) is 23.1. The third-order valence-corrected chi connectivity index (χ3v) is 4.76. The average molecular weight is 392 g/mol. The molecule has 2 atom stereocenters. The zero-order valence-corrected chi connectivity index (χ0v) is 13.5. The fourth-order valence-corrected chi connectivity index (χ4v) is 3.16. The first-order valence-corrected chi connectivity index (χ1v) is 7.97. The predicted octanol–water partition coefficient (Wildman–Crippen LogP) is 4.72. The van der Waals surface area contributed by atoms with E-state index in [9.17, 15) is 14.5 Å². The van der Waals surface area contributed by atoms with Crippen molar-refractivity contribution in [1.29, 1.82) is 0 Å². The van der Waals surface area contributed by atoms with Crippen LogP contribution < -0.4 is 5.32 Å². The molecule has 1 aliphatic carbocycles. The Kier molecular flexibility index (Phi) is 5.17. The lowest BCUT2D eigenvalue weighted by Gasteiger charge is -2.24. The maximum Gasteiger partial charge on any atom is 0.293 e. The summed E-state index contributed by atoms with van der Waals surface area (Å²) in [5, 5.41) is 14.3. The molecule has 0 aromatic heterocycles. The van der Waals surface area contributed by atoms with E-state index in [2.05, 4.69) is 12.2 Å². The number of nitro benzene ring substituents is 1. The molecule has 1 fully saturated rings. The highest BCUT2D eigenvalue weighted by molar-refractivity contribution is 14.1. The van der Waals surface area contributed by atoms with E-state index in [1.807, 2.05) is 0 Å². The van der Waals surface area contributed by atoms with Crippen LogP contribution >= 0.6 is 22.6 Å². The summed E-state index contributed by atoms with van der Waals surface area (Å²) in [6, 6.07) is 2.72. The van der Waals surface area contributed by atoms with Crippen LogP contribution in [-0.4, -0.2) is 11.0 Å². The molecule has 1 aliphatic rings. The summed E-state index contributed by atoms with van der Waals surface area (Å²) in [6.45, 7) is 2.15. The van der Waals surface area contributed by atoms with Crippen LogP contribution in [0.5, 0.6) is 0 Å². The summed E-state index contributed by atoms with van der Waals surface area (Å²) in [4.78, 5) is 10.7. The van der Waals surface area contributed by atoms with Gasteiger partial charge in [0.2, 0.25) is 0 Å². The van der Waals surface area contributed by atoms with Crippen LogP contribution in [0.4, 0.5) is 15.8 Å². The molecule has 20 heavy (non-hydrogen) atoms. The molecular weight excluding hydrogens is 374 g/mol. The van der Waals surface area contributed by atoms with Gasteiger partial charge in [-0.3, -0.25) is 10.1 Å². The van der Waals surface area contributed by atoms with Gasteiger partial charge in [-0.05, 0) is 41.4 Å². The number of hydrogen-bond acceptors (Lipinski definition) is 3. The molecule has 110 valence electrons. The van der Waals surface area contributed by atoms with Crippen LogP contribution in [0.25, 0.3) is 0 Å². The molecule has 0 bridgehead atoms. The Morgan fingerprint density at radius 3 is 2.75 bits per heavy atom. The molecule has 0 heterocycles. The van der Waals surface area contributed by atoms with Crippen molar-refractivity contribution in [2.24, 2.45) is 5.92 Å². The predicted molar refractivity (Wildman–Crippen MR) is 85.4 cm³/mol. The Hall–Kier alpha value is -0.920. The molecule has 0 amide bonds. The molecule has 0 saturated heterocycles.